The number of aromatic amines is 1. The minimum atomic E-state index is 0.950. The molecule has 0 saturated heterocycles. The topological polar surface area (TPSA) is 40.7 Å². The summed E-state index contributed by atoms with van der Waals surface area (Å²) in [5.74, 6) is 0. The first-order chi connectivity index (χ1) is 6.95. The fraction of sp³-hybridized carbons (Fsp3) is 0.182. The number of rotatable bonds is 1. The molecule has 1 aliphatic rings. The van der Waals surface area contributed by atoms with Crippen molar-refractivity contribution in [2.45, 2.75) is 0 Å². The molecule has 2 aromatic rings. The fourth-order valence-electron chi connectivity index (χ4n) is 1.90. The predicted octanol–water partition coefficient (Wildman–Crippen LogP) is 1.55. The van der Waals surface area contributed by atoms with E-state index < -0.39 is 0 Å². The van der Waals surface area contributed by atoms with Crippen molar-refractivity contribution in [3.05, 3.63) is 36.2 Å². The maximum Gasteiger partial charge on any atom is 0.0957 e. The molecule has 1 aliphatic heterocycles. The van der Waals surface area contributed by atoms with Gasteiger partial charge in [0.25, 0.3) is 0 Å². The third-order valence-corrected chi connectivity index (χ3v) is 2.60. The summed E-state index contributed by atoms with van der Waals surface area (Å²) >= 11 is 0. The molecular formula is C11H11N3. The van der Waals surface area contributed by atoms with E-state index in [0.29, 0.717) is 0 Å². The lowest BCUT2D eigenvalue weighted by Crippen LogP contribution is -2.07. The zero-order valence-corrected chi connectivity index (χ0v) is 7.75. The number of hydrogen-bond donors (Lipinski definition) is 2. The van der Waals surface area contributed by atoms with Crippen LogP contribution in [-0.2, 0) is 0 Å². The standard InChI is InChI=1S/C11H11N3/c1-2-9(8-4-5-12-6-8)11-10(3-1)13-7-14-11/h1-4,7,12H,5-6H2,(H,13,14). The summed E-state index contributed by atoms with van der Waals surface area (Å²) < 4.78 is 0. The highest BCUT2D eigenvalue weighted by Gasteiger charge is 2.10. The van der Waals surface area contributed by atoms with Crippen molar-refractivity contribution in [3.63, 3.8) is 0 Å². The summed E-state index contributed by atoms with van der Waals surface area (Å²) in [5.41, 5.74) is 4.77. The van der Waals surface area contributed by atoms with Gasteiger partial charge in [-0.3, -0.25) is 0 Å². The summed E-state index contributed by atoms with van der Waals surface area (Å²) in [4.78, 5) is 7.46. The number of hydrogen-bond acceptors (Lipinski definition) is 2. The van der Waals surface area contributed by atoms with E-state index in [9.17, 15) is 0 Å². The van der Waals surface area contributed by atoms with E-state index in [-0.39, 0.29) is 0 Å². The van der Waals surface area contributed by atoms with E-state index in [1.807, 2.05) is 0 Å². The molecule has 0 spiro atoms. The monoisotopic (exact) mass is 185 g/mol. The Morgan fingerprint density at radius 1 is 1.29 bits per heavy atom. The highest BCUT2D eigenvalue weighted by Crippen LogP contribution is 2.23. The highest BCUT2D eigenvalue weighted by molar-refractivity contribution is 5.89. The Balaban J connectivity index is 2.24. The lowest BCUT2D eigenvalue weighted by Gasteiger charge is -2.02. The molecule has 70 valence electrons. The molecule has 0 atom stereocenters. The van der Waals surface area contributed by atoms with Crippen molar-refractivity contribution in [1.29, 1.82) is 0 Å². The van der Waals surface area contributed by atoms with E-state index in [1.165, 1.54) is 11.1 Å². The normalized spacial score (nSPS) is 16.1. The van der Waals surface area contributed by atoms with Gasteiger partial charge in [-0.2, -0.15) is 0 Å². The maximum atomic E-state index is 4.34. The van der Waals surface area contributed by atoms with Crippen LogP contribution in [0, 0.1) is 0 Å². The smallest absolute Gasteiger partial charge is 0.0957 e. The van der Waals surface area contributed by atoms with Crippen LogP contribution in [0.1, 0.15) is 5.56 Å². The Morgan fingerprint density at radius 3 is 3.14 bits per heavy atom. The van der Waals surface area contributed by atoms with Crippen LogP contribution in [0.5, 0.6) is 0 Å². The number of nitrogens with zero attached hydrogens (tertiary/aromatic N) is 1. The van der Waals surface area contributed by atoms with Crippen LogP contribution in [0.3, 0.4) is 0 Å². The largest absolute Gasteiger partial charge is 0.345 e. The van der Waals surface area contributed by atoms with Crippen LogP contribution in [0.2, 0.25) is 0 Å². The van der Waals surface area contributed by atoms with Crippen molar-refractivity contribution in [3.8, 4) is 0 Å². The van der Waals surface area contributed by atoms with Gasteiger partial charge in [0.15, 0.2) is 0 Å². The molecule has 0 bridgehead atoms. The number of nitrogens with one attached hydrogen (secondary N) is 2. The molecule has 3 heteroatoms. The molecule has 2 heterocycles. The molecule has 1 aromatic heterocycles. The Kier molecular flexibility index (Phi) is 1.64. The first kappa shape index (κ1) is 7.76. The van der Waals surface area contributed by atoms with Crippen molar-refractivity contribution in [2.24, 2.45) is 0 Å². The first-order valence-electron chi connectivity index (χ1n) is 4.77. The molecule has 0 radical (unpaired) electrons. The molecule has 0 fully saturated rings. The Labute approximate surface area is 81.9 Å². The summed E-state index contributed by atoms with van der Waals surface area (Å²) in [6.45, 7) is 1.92. The first-order valence-corrected chi connectivity index (χ1v) is 4.77. The summed E-state index contributed by atoms with van der Waals surface area (Å²) in [7, 11) is 0. The predicted molar refractivity (Wildman–Crippen MR) is 56.9 cm³/mol. The number of aromatic nitrogens is 2. The van der Waals surface area contributed by atoms with Crippen LogP contribution in [0.15, 0.2) is 30.6 Å². The SMILES string of the molecule is C1=C(c2cccc3[nH]cnc23)CNC1. The van der Waals surface area contributed by atoms with Gasteiger partial charge in [0, 0.05) is 18.7 Å². The van der Waals surface area contributed by atoms with Gasteiger partial charge in [-0.05, 0) is 11.6 Å². The summed E-state index contributed by atoms with van der Waals surface area (Å²) in [6.07, 6.45) is 3.97. The zero-order chi connectivity index (χ0) is 9.38. The fourth-order valence-corrected chi connectivity index (χ4v) is 1.90. The van der Waals surface area contributed by atoms with Gasteiger partial charge in [-0.25, -0.2) is 4.98 Å². The van der Waals surface area contributed by atoms with Crippen LogP contribution in [0.25, 0.3) is 16.6 Å². The molecule has 0 amide bonds. The van der Waals surface area contributed by atoms with Crippen LogP contribution < -0.4 is 5.32 Å². The number of para-hydroxylation sites is 1. The van der Waals surface area contributed by atoms with E-state index >= 15 is 0 Å². The van der Waals surface area contributed by atoms with Crippen molar-refractivity contribution in [2.75, 3.05) is 13.1 Å². The second-order valence-corrected chi connectivity index (χ2v) is 3.46. The number of fused-ring (bicyclic) bond motifs is 1. The Morgan fingerprint density at radius 2 is 2.29 bits per heavy atom. The molecule has 3 rings (SSSR count). The van der Waals surface area contributed by atoms with Gasteiger partial charge < -0.3 is 10.3 Å². The maximum absolute atomic E-state index is 4.34. The number of benzene rings is 1. The molecule has 3 nitrogen and oxygen atoms in total. The Bertz CT molecular complexity index is 496. The van der Waals surface area contributed by atoms with Crippen molar-refractivity contribution in [1.82, 2.24) is 15.3 Å². The van der Waals surface area contributed by atoms with Crippen molar-refractivity contribution < 1.29 is 0 Å². The molecule has 0 saturated carbocycles. The second kappa shape index (κ2) is 2.96. The van der Waals surface area contributed by atoms with Crippen LogP contribution >= 0.6 is 0 Å². The van der Waals surface area contributed by atoms with Crippen LogP contribution in [0.4, 0.5) is 0 Å². The lowest BCUT2D eigenvalue weighted by molar-refractivity contribution is 0.897. The quantitative estimate of drug-likeness (QED) is 0.707. The van der Waals surface area contributed by atoms with Crippen molar-refractivity contribution >= 4 is 16.6 Å². The number of H-pyrrole nitrogens is 1. The molecule has 1 aromatic carbocycles. The summed E-state index contributed by atoms with van der Waals surface area (Å²) in [5, 5.41) is 3.30. The summed E-state index contributed by atoms with van der Waals surface area (Å²) in [6, 6.07) is 6.24. The van der Waals surface area contributed by atoms with Gasteiger partial charge in [0.2, 0.25) is 0 Å². The zero-order valence-electron chi connectivity index (χ0n) is 7.75. The molecule has 0 aliphatic carbocycles. The molecule has 2 N–H and O–H groups in total. The highest BCUT2D eigenvalue weighted by atomic mass is 14.9. The average molecular weight is 185 g/mol. The van der Waals surface area contributed by atoms with Crippen LogP contribution in [-0.4, -0.2) is 23.1 Å². The van der Waals surface area contributed by atoms with Gasteiger partial charge in [-0.1, -0.05) is 18.2 Å². The molecule has 14 heavy (non-hydrogen) atoms. The van der Waals surface area contributed by atoms with Gasteiger partial charge >= 0.3 is 0 Å². The average Bonchev–Trinajstić information content (AvgIpc) is 2.88. The molecule has 0 unspecified atom stereocenters. The van der Waals surface area contributed by atoms with E-state index in [1.54, 1.807) is 6.33 Å². The molecular weight excluding hydrogens is 174 g/mol. The van der Waals surface area contributed by atoms with E-state index in [0.717, 1.165) is 24.1 Å². The second-order valence-electron chi connectivity index (χ2n) is 3.46. The van der Waals surface area contributed by atoms with Gasteiger partial charge in [-0.15, -0.1) is 0 Å². The lowest BCUT2D eigenvalue weighted by atomic mass is 10.1. The Hall–Kier alpha value is -1.61. The number of imidazole rings is 1. The van der Waals surface area contributed by atoms with E-state index in [4.69, 9.17) is 0 Å². The minimum Gasteiger partial charge on any atom is -0.345 e. The third-order valence-electron chi connectivity index (χ3n) is 2.60. The minimum absolute atomic E-state index is 0.950. The van der Waals surface area contributed by atoms with Gasteiger partial charge in [0.1, 0.15) is 0 Å². The van der Waals surface area contributed by atoms with Gasteiger partial charge in [0.05, 0.1) is 17.4 Å². The third kappa shape index (κ3) is 1.06. The van der Waals surface area contributed by atoms with E-state index in [2.05, 4.69) is 39.6 Å².